The van der Waals surface area contributed by atoms with E-state index in [9.17, 15) is 0 Å². The molecule has 2 nitrogen and oxygen atoms in total. The summed E-state index contributed by atoms with van der Waals surface area (Å²) < 4.78 is 0. The van der Waals surface area contributed by atoms with E-state index >= 15 is 0 Å². The van der Waals surface area contributed by atoms with E-state index in [0.29, 0.717) is 6.04 Å². The van der Waals surface area contributed by atoms with Gasteiger partial charge < -0.3 is 10.2 Å². The number of hydrogen-bond donors (Lipinski definition) is 1. The lowest BCUT2D eigenvalue weighted by molar-refractivity contribution is 0.280. The lowest BCUT2D eigenvalue weighted by Crippen LogP contribution is -2.43. The highest BCUT2D eigenvalue weighted by Crippen LogP contribution is 2.27. The molecule has 0 bridgehead atoms. The van der Waals surface area contributed by atoms with Gasteiger partial charge in [-0.05, 0) is 37.9 Å². The molecule has 18 heavy (non-hydrogen) atoms. The first kappa shape index (κ1) is 13.4. The molecule has 1 saturated carbocycles. The molecule has 1 unspecified atom stereocenters. The number of rotatable bonds is 5. The van der Waals surface area contributed by atoms with Crippen molar-refractivity contribution in [2.45, 2.75) is 38.1 Å². The Labute approximate surface area is 111 Å². The Bertz CT molecular complexity index is 330. The molecule has 1 N–H and O–H groups in total. The minimum absolute atomic E-state index is 0.621. The molecule has 1 atom stereocenters. The highest BCUT2D eigenvalue weighted by atomic mass is 15.1. The van der Waals surface area contributed by atoms with Gasteiger partial charge in [0.25, 0.3) is 0 Å². The summed E-state index contributed by atoms with van der Waals surface area (Å²) in [7, 11) is 4.31. The van der Waals surface area contributed by atoms with E-state index in [1.54, 1.807) is 0 Å². The first-order chi connectivity index (χ1) is 8.81. The zero-order valence-corrected chi connectivity index (χ0v) is 11.7. The SMILES string of the molecule is CNC(CN(C)c1ccccc1)C1CCCCC1. The van der Waals surface area contributed by atoms with Crippen LogP contribution in [0, 0.1) is 5.92 Å². The van der Waals surface area contributed by atoms with Gasteiger partial charge in [0.15, 0.2) is 0 Å². The Morgan fingerprint density at radius 2 is 1.83 bits per heavy atom. The molecule has 2 heteroatoms. The Morgan fingerprint density at radius 1 is 1.17 bits per heavy atom. The van der Waals surface area contributed by atoms with Gasteiger partial charge in [0, 0.05) is 25.3 Å². The van der Waals surface area contributed by atoms with Gasteiger partial charge in [-0.3, -0.25) is 0 Å². The predicted molar refractivity (Wildman–Crippen MR) is 79.1 cm³/mol. The van der Waals surface area contributed by atoms with Gasteiger partial charge >= 0.3 is 0 Å². The van der Waals surface area contributed by atoms with Crippen molar-refractivity contribution >= 4 is 5.69 Å². The van der Waals surface area contributed by atoms with Crippen LogP contribution in [0.15, 0.2) is 30.3 Å². The van der Waals surface area contributed by atoms with Crippen LogP contribution < -0.4 is 10.2 Å². The van der Waals surface area contributed by atoms with Crippen molar-refractivity contribution in [1.29, 1.82) is 0 Å². The fourth-order valence-corrected chi connectivity index (χ4v) is 3.10. The van der Waals surface area contributed by atoms with Crippen molar-refractivity contribution < 1.29 is 0 Å². The molecular weight excluding hydrogens is 220 g/mol. The van der Waals surface area contributed by atoms with E-state index < -0.39 is 0 Å². The Hall–Kier alpha value is -1.02. The summed E-state index contributed by atoms with van der Waals surface area (Å²) >= 11 is 0. The third kappa shape index (κ3) is 3.49. The molecule has 0 spiro atoms. The van der Waals surface area contributed by atoms with Gasteiger partial charge in [-0.2, -0.15) is 0 Å². The lowest BCUT2D eigenvalue weighted by atomic mass is 9.83. The Morgan fingerprint density at radius 3 is 2.44 bits per heavy atom. The highest BCUT2D eigenvalue weighted by molar-refractivity contribution is 5.45. The molecule has 0 saturated heterocycles. The summed E-state index contributed by atoms with van der Waals surface area (Å²) in [4.78, 5) is 2.37. The first-order valence-corrected chi connectivity index (χ1v) is 7.24. The maximum absolute atomic E-state index is 3.53. The summed E-state index contributed by atoms with van der Waals surface area (Å²) in [6.45, 7) is 1.10. The second-order valence-electron chi connectivity index (χ2n) is 5.51. The van der Waals surface area contributed by atoms with Crippen molar-refractivity contribution in [3.63, 3.8) is 0 Å². The molecule has 1 fully saturated rings. The molecule has 1 aromatic rings. The molecule has 0 radical (unpaired) electrons. The fraction of sp³-hybridized carbons (Fsp3) is 0.625. The predicted octanol–water partition coefficient (Wildman–Crippen LogP) is 3.29. The molecule has 1 aromatic carbocycles. The molecule has 1 aliphatic rings. The van der Waals surface area contributed by atoms with Crippen LogP contribution in [-0.2, 0) is 0 Å². The van der Waals surface area contributed by atoms with Gasteiger partial charge in [0.2, 0.25) is 0 Å². The second kappa shape index (κ2) is 6.79. The zero-order valence-electron chi connectivity index (χ0n) is 11.7. The van der Waals surface area contributed by atoms with E-state index in [0.717, 1.165) is 12.5 Å². The summed E-state index contributed by atoms with van der Waals surface area (Å²) in [6, 6.07) is 11.3. The van der Waals surface area contributed by atoms with Crippen molar-refractivity contribution in [1.82, 2.24) is 5.32 Å². The molecule has 1 aliphatic carbocycles. The van der Waals surface area contributed by atoms with Gasteiger partial charge in [-0.1, -0.05) is 37.5 Å². The Balaban J connectivity index is 1.93. The Kier molecular flexibility index (Phi) is 5.06. The van der Waals surface area contributed by atoms with Crippen molar-refractivity contribution in [2.24, 2.45) is 5.92 Å². The third-order valence-corrected chi connectivity index (χ3v) is 4.26. The van der Waals surface area contributed by atoms with Crippen LogP contribution in [0.5, 0.6) is 0 Å². The standard InChI is InChI=1S/C16H26N2/c1-17-16(14-9-5-3-6-10-14)13-18(2)15-11-7-4-8-12-15/h4,7-8,11-12,14,16-17H,3,5-6,9-10,13H2,1-2H3. The van der Waals surface area contributed by atoms with Gasteiger partial charge in [-0.25, -0.2) is 0 Å². The molecule has 0 aromatic heterocycles. The van der Waals surface area contributed by atoms with E-state index in [1.807, 2.05) is 0 Å². The number of hydrogen-bond acceptors (Lipinski definition) is 2. The average molecular weight is 246 g/mol. The number of nitrogens with zero attached hydrogens (tertiary/aromatic N) is 1. The van der Waals surface area contributed by atoms with Gasteiger partial charge in [0.05, 0.1) is 0 Å². The van der Waals surface area contributed by atoms with Crippen molar-refractivity contribution in [3.05, 3.63) is 30.3 Å². The lowest BCUT2D eigenvalue weighted by Gasteiger charge is -2.33. The molecule has 2 rings (SSSR count). The van der Waals surface area contributed by atoms with Crippen LogP contribution in [0.3, 0.4) is 0 Å². The molecule has 100 valence electrons. The molecular formula is C16H26N2. The fourth-order valence-electron chi connectivity index (χ4n) is 3.10. The van der Waals surface area contributed by atoms with Crippen molar-refractivity contribution in [3.8, 4) is 0 Å². The quantitative estimate of drug-likeness (QED) is 0.857. The van der Waals surface area contributed by atoms with Gasteiger partial charge in [0.1, 0.15) is 0 Å². The first-order valence-electron chi connectivity index (χ1n) is 7.24. The zero-order chi connectivity index (χ0) is 12.8. The average Bonchev–Trinajstić information content (AvgIpc) is 2.46. The topological polar surface area (TPSA) is 15.3 Å². The highest BCUT2D eigenvalue weighted by Gasteiger charge is 2.23. The third-order valence-electron chi connectivity index (χ3n) is 4.26. The second-order valence-corrected chi connectivity index (χ2v) is 5.51. The van der Waals surface area contributed by atoms with Crippen LogP contribution >= 0.6 is 0 Å². The number of para-hydroxylation sites is 1. The summed E-state index contributed by atoms with van der Waals surface area (Å²) in [5.74, 6) is 0.856. The minimum atomic E-state index is 0.621. The van der Waals surface area contributed by atoms with E-state index in [1.165, 1.54) is 37.8 Å². The minimum Gasteiger partial charge on any atom is -0.373 e. The smallest absolute Gasteiger partial charge is 0.0364 e. The van der Waals surface area contributed by atoms with Crippen LogP contribution in [0.2, 0.25) is 0 Å². The summed E-state index contributed by atoms with van der Waals surface area (Å²) in [5, 5.41) is 3.53. The van der Waals surface area contributed by atoms with Gasteiger partial charge in [-0.15, -0.1) is 0 Å². The monoisotopic (exact) mass is 246 g/mol. The van der Waals surface area contributed by atoms with Crippen molar-refractivity contribution in [2.75, 3.05) is 25.5 Å². The maximum Gasteiger partial charge on any atom is 0.0364 e. The van der Waals surface area contributed by atoms with Crippen LogP contribution in [0.1, 0.15) is 32.1 Å². The van der Waals surface area contributed by atoms with Crippen LogP contribution in [0.25, 0.3) is 0 Å². The number of anilines is 1. The van der Waals surface area contributed by atoms with Crippen LogP contribution in [-0.4, -0.2) is 26.7 Å². The van der Waals surface area contributed by atoms with E-state index in [-0.39, 0.29) is 0 Å². The normalized spacial score (nSPS) is 18.6. The van der Waals surface area contributed by atoms with E-state index in [2.05, 4.69) is 54.6 Å². The van der Waals surface area contributed by atoms with E-state index in [4.69, 9.17) is 0 Å². The summed E-state index contributed by atoms with van der Waals surface area (Å²) in [5.41, 5.74) is 1.31. The maximum atomic E-state index is 3.53. The number of likely N-dealkylation sites (N-methyl/N-ethyl adjacent to an activating group) is 2. The molecule has 0 aliphatic heterocycles. The number of benzene rings is 1. The number of nitrogens with one attached hydrogen (secondary N) is 1. The molecule has 0 heterocycles. The summed E-state index contributed by atoms with van der Waals surface area (Å²) in [6.07, 6.45) is 7.06. The molecule has 0 amide bonds. The van der Waals surface area contributed by atoms with Crippen LogP contribution in [0.4, 0.5) is 5.69 Å². The largest absolute Gasteiger partial charge is 0.373 e.